The topological polar surface area (TPSA) is 65.3 Å². The Kier molecular flexibility index (Phi) is 5.51. The molecule has 8 heteroatoms. The summed E-state index contributed by atoms with van der Waals surface area (Å²) in [5.74, 6) is 1.27. The number of methoxy groups -OCH3 is 1. The van der Waals surface area contributed by atoms with Crippen molar-refractivity contribution in [1.82, 2.24) is 19.5 Å². The second kappa shape index (κ2) is 8.63. The van der Waals surface area contributed by atoms with Gasteiger partial charge in [0.1, 0.15) is 30.4 Å². The minimum Gasteiger partial charge on any atom is -0.495 e. The number of hydrogen-bond acceptors (Lipinski definition) is 6. The van der Waals surface area contributed by atoms with Gasteiger partial charge in [-0.15, -0.1) is 0 Å². The van der Waals surface area contributed by atoms with E-state index in [-0.39, 0.29) is 11.9 Å². The second-order valence-corrected chi connectivity index (χ2v) is 8.01. The average molecular weight is 445 g/mol. The van der Waals surface area contributed by atoms with E-state index in [0.717, 1.165) is 39.6 Å². The minimum absolute atomic E-state index is 0.0474. The number of aromatic nitrogens is 4. The summed E-state index contributed by atoms with van der Waals surface area (Å²) in [6.07, 6.45) is 5.29. The highest BCUT2D eigenvalue weighted by Crippen LogP contribution is 2.37. The molecule has 0 radical (unpaired) electrons. The molecule has 0 saturated heterocycles. The molecule has 1 unspecified atom stereocenters. The normalized spacial score (nSPS) is 14.1. The van der Waals surface area contributed by atoms with Gasteiger partial charge in [-0.05, 0) is 43.7 Å². The molecule has 168 valence electrons. The number of nitrogens with zero attached hydrogens (tertiary/aromatic N) is 5. The summed E-state index contributed by atoms with van der Waals surface area (Å²) in [7, 11) is 1.65. The van der Waals surface area contributed by atoms with Crippen molar-refractivity contribution in [2.24, 2.45) is 0 Å². The summed E-state index contributed by atoms with van der Waals surface area (Å²) < 4.78 is 26.9. The summed E-state index contributed by atoms with van der Waals surface area (Å²) in [6.45, 7) is 4.80. The van der Waals surface area contributed by atoms with Crippen LogP contribution >= 0.6 is 0 Å². The molecular weight excluding hydrogens is 421 g/mol. The highest BCUT2D eigenvalue weighted by Gasteiger charge is 2.27. The van der Waals surface area contributed by atoms with Crippen LogP contribution in [0.25, 0.3) is 16.9 Å². The smallest absolute Gasteiger partial charge is 0.143 e. The number of halogens is 1. The molecule has 0 aliphatic carbocycles. The fourth-order valence-electron chi connectivity index (χ4n) is 4.15. The summed E-state index contributed by atoms with van der Waals surface area (Å²) in [6, 6.07) is 12.4. The molecule has 0 N–H and O–H groups in total. The molecule has 7 nitrogen and oxygen atoms in total. The van der Waals surface area contributed by atoms with Crippen molar-refractivity contribution in [1.29, 1.82) is 0 Å². The summed E-state index contributed by atoms with van der Waals surface area (Å²) in [5.41, 5.74) is 5.42. The number of hydrogen-bond donors (Lipinski definition) is 0. The average Bonchev–Trinajstić information content (AvgIpc) is 3.29. The standard InChI is InChI=1S/C25H24FN5O2/c1-16-11-30(14-29-16)22-9-6-19(10-23(22)32-3)24-21-12-33-15-31(25(21)28-13-27-24)17(2)18-4-7-20(26)8-5-18/h4-11,13-14,17H,12,15H2,1-3H3. The Bertz CT molecular complexity index is 1290. The minimum atomic E-state index is -0.255. The molecular formula is C25H24FN5O2. The van der Waals surface area contributed by atoms with Gasteiger partial charge in [-0.25, -0.2) is 19.3 Å². The lowest BCUT2D eigenvalue weighted by Gasteiger charge is -2.35. The van der Waals surface area contributed by atoms with Crippen molar-refractivity contribution >= 4 is 5.82 Å². The Labute approximate surface area is 191 Å². The van der Waals surface area contributed by atoms with Crippen molar-refractivity contribution in [2.45, 2.75) is 26.5 Å². The fourth-order valence-corrected chi connectivity index (χ4v) is 4.15. The zero-order valence-corrected chi connectivity index (χ0v) is 18.7. The van der Waals surface area contributed by atoms with Crippen LogP contribution in [0.4, 0.5) is 10.2 Å². The molecule has 1 aliphatic rings. The number of aryl methyl sites for hydroxylation is 1. The first-order valence-electron chi connectivity index (χ1n) is 10.7. The molecule has 0 amide bonds. The van der Waals surface area contributed by atoms with E-state index in [4.69, 9.17) is 9.47 Å². The molecule has 5 rings (SSSR count). The molecule has 3 heterocycles. The van der Waals surface area contributed by atoms with Gasteiger partial charge in [0.25, 0.3) is 0 Å². The summed E-state index contributed by atoms with van der Waals surface area (Å²) >= 11 is 0. The van der Waals surface area contributed by atoms with Crippen molar-refractivity contribution in [3.8, 4) is 22.7 Å². The summed E-state index contributed by atoms with van der Waals surface area (Å²) in [5, 5.41) is 0. The lowest BCUT2D eigenvalue weighted by molar-refractivity contribution is 0.104. The highest BCUT2D eigenvalue weighted by molar-refractivity contribution is 5.72. The number of rotatable bonds is 5. The third-order valence-corrected chi connectivity index (χ3v) is 5.93. The SMILES string of the molecule is COc1cc(-c2ncnc3c2COCN3C(C)c2ccc(F)cc2)ccc1-n1cnc(C)c1. The predicted octanol–water partition coefficient (Wildman–Crippen LogP) is 4.84. The Hall–Kier alpha value is -3.78. The van der Waals surface area contributed by atoms with Crippen LogP contribution in [0, 0.1) is 12.7 Å². The van der Waals surface area contributed by atoms with Gasteiger partial charge in [0.05, 0.1) is 43.2 Å². The largest absolute Gasteiger partial charge is 0.495 e. The molecule has 4 aromatic rings. The third-order valence-electron chi connectivity index (χ3n) is 5.93. The van der Waals surface area contributed by atoms with Gasteiger partial charge in [-0.3, -0.25) is 0 Å². The molecule has 33 heavy (non-hydrogen) atoms. The zero-order valence-electron chi connectivity index (χ0n) is 18.7. The quantitative estimate of drug-likeness (QED) is 0.438. The lowest BCUT2D eigenvalue weighted by atomic mass is 10.0. The van der Waals surface area contributed by atoms with Crippen LogP contribution in [0.2, 0.25) is 0 Å². The fraction of sp³-hybridized carbons (Fsp3) is 0.240. The molecule has 0 bridgehead atoms. The third kappa shape index (κ3) is 3.93. The van der Waals surface area contributed by atoms with Crippen LogP contribution in [0.1, 0.15) is 29.8 Å². The summed E-state index contributed by atoms with van der Waals surface area (Å²) in [4.78, 5) is 15.5. The Balaban J connectivity index is 1.53. The molecule has 0 spiro atoms. The second-order valence-electron chi connectivity index (χ2n) is 8.01. The van der Waals surface area contributed by atoms with E-state index >= 15 is 0 Å². The van der Waals surface area contributed by atoms with E-state index in [1.54, 1.807) is 31.9 Å². The van der Waals surface area contributed by atoms with E-state index in [9.17, 15) is 4.39 Å². The number of benzene rings is 2. The zero-order chi connectivity index (χ0) is 22.9. The van der Waals surface area contributed by atoms with Gasteiger partial charge in [-0.2, -0.15) is 0 Å². The van der Waals surface area contributed by atoms with Crippen LogP contribution in [0.3, 0.4) is 0 Å². The maximum atomic E-state index is 13.4. The van der Waals surface area contributed by atoms with E-state index in [0.29, 0.717) is 19.1 Å². The van der Waals surface area contributed by atoms with Crippen LogP contribution in [0.15, 0.2) is 61.3 Å². The Morgan fingerprint density at radius 1 is 1.09 bits per heavy atom. The van der Waals surface area contributed by atoms with Gasteiger partial charge < -0.3 is 18.9 Å². The van der Waals surface area contributed by atoms with Crippen LogP contribution in [-0.2, 0) is 11.3 Å². The van der Waals surface area contributed by atoms with Crippen LogP contribution in [0.5, 0.6) is 5.75 Å². The lowest BCUT2D eigenvalue weighted by Crippen LogP contribution is -2.34. The van der Waals surface area contributed by atoms with E-state index in [1.807, 2.05) is 35.9 Å². The maximum Gasteiger partial charge on any atom is 0.143 e. The van der Waals surface area contributed by atoms with Crippen LogP contribution in [-0.4, -0.2) is 33.4 Å². The molecule has 0 fully saturated rings. The van der Waals surface area contributed by atoms with Crippen molar-refractivity contribution in [3.05, 3.63) is 84.0 Å². The van der Waals surface area contributed by atoms with Gasteiger partial charge in [0.2, 0.25) is 0 Å². The van der Waals surface area contributed by atoms with Crippen molar-refractivity contribution in [2.75, 3.05) is 18.7 Å². The van der Waals surface area contributed by atoms with Crippen molar-refractivity contribution in [3.63, 3.8) is 0 Å². The Morgan fingerprint density at radius 2 is 1.91 bits per heavy atom. The van der Waals surface area contributed by atoms with E-state index in [1.165, 1.54) is 12.1 Å². The first-order chi connectivity index (χ1) is 16.0. The number of fused-ring (bicyclic) bond motifs is 1. The van der Waals surface area contributed by atoms with Gasteiger partial charge >= 0.3 is 0 Å². The van der Waals surface area contributed by atoms with Gasteiger partial charge in [-0.1, -0.05) is 18.2 Å². The van der Waals surface area contributed by atoms with Gasteiger partial charge in [0, 0.05) is 17.3 Å². The highest BCUT2D eigenvalue weighted by atomic mass is 19.1. The molecule has 2 aromatic carbocycles. The number of imidazole rings is 1. The Morgan fingerprint density at radius 3 is 2.64 bits per heavy atom. The number of anilines is 1. The first-order valence-corrected chi connectivity index (χ1v) is 10.7. The molecule has 2 aromatic heterocycles. The number of ether oxygens (including phenoxy) is 2. The monoisotopic (exact) mass is 445 g/mol. The van der Waals surface area contributed by atoms with E-state index < -0.39 is 0 Å². The molecule has 1 aliphatic heterocycles. The molecule has 1 atom stereocenters. The van der Waals surface area contributed by atoms with E-state index in [2.05, 4.69) is 26.8 Å². The molecule has 0 saturated carbocycles. The first kappa shape index (κ1) is 21.1. The van der Waals surface area contributed by atoms with Crippen molar-refractivity contribution < 1.29 is 13.9 Å². The van der Waals surface area contributed by atoms with Crippen LogP contribution < -0.4 is 9.64 Å². The predicted molar refractivity (Wildman–Crippen MR) is 123 cm³/mol. The van der Waals surface area contributed by atoms with Gasteiger partial charge in [0.15, 0.2) is 0 Å². The maximum absolute atomic E-state index is 13.4.